The molecule has 1 aromatic heterocycles. The number of carboxylic acid groups (broad SMARTS) is 1. The Hall–Kier alpha value is -1.16. The molecule has 0 aliphatic rings. The normalized spacial score (nSPS) is 11.4. The molecule has 68 valence electrons. The predicted octanol–water partition coefficient (Wildman–Crippen LogP) is 2.33. The van der Waals surface area contributed by atoms with Crippen LogP contribution >= 0.6 is 15.9 Å². The molecule has 0 radical (unpaired) electrons. The van der Waals surface area contributed by atoms with Crippen LogP contribution in [0, 0.1) is 0 Å². The van der Waals surface area contributed by atoms with E-state index in [1.54, 1.807) is 31.5 Å². The van der Waals surface area contributed by atoms with E-state index in [1.807, 2.05) is 0 Å². The number of rotatable bonds is 2. The molecule has 0 saturated carbocycles. The molecular formula is C9H8BrNO2. The molecular weight excluding hydrogens is 234 g/mol. The second-order valence-electron chi connectivity index (χ2n) is 2.57. The van der Waals surface area contributed by atoms with E-state index in [1.165, 1.54) is 0 Å². The van der Waals surface area contributed by atoms with Crippen LogP contribution in [0.1, 0.15) is 12.5 Å². The molecule has 0 amide bonds. The number of halogens is 1. The van der Waals surface area contributed by atoms with E-state index >= 15 is 0 Å². The Labute approximate surface area is 84.2 Å². The van der Waals surface area contributed by atoms with Crippen molar-refractivity contribution in [2.45, 2.75) is 6.92 Å². The molecule has 0 aromatic carbocycles. The van der Waals surface area contributed by atoms with Crippen LogP contribution < -0.4 is 0 Å². The van der Waals surface area contributed by atoms with Gasteiger partial charge in [0.25, 0.3) is 0 Å². The highest BCUT2D eigenvalue weighted by Crippen LogP contribution is 2.12. The van der Waals surface area contributed by atoms with Gasteiger partial charge in [-0.3, -0.25) is 4.98 Å². The predicted molar refractivity (Wildman–Crippen MR) is 53.2 cm³/mol. The zero-order valence-electron chi connectivity index (χ0n) is 6.99. The highest BCUT2D eigenvalue weighted by atomic mass is 79.9. The van der Waals surface area contributed by atoms with Gasteiger partial charge in [-0.15, -0.1) is 0 Å². The topological polar surface area (TPSA) is 50.2 Å². The number of aliphatic carboxylic acids is 1. The molecule has 0 bridgehead atoms. The van der Waals surface area contributed by atoms with Crippen LogP contribution in [0.2, 0.25) is 0 Å². The van der Waals surface area contributed by atoms with E-state index in [4.69, 9.17) is 5.11 Å². The van der Waals surface area contributed by atoms with E-state index in [2.05, 4.69) is 20.9 Å². The fourth-order valence-corrected chi connectivity index (χ4v) is 1.20. The Morgan fingerprint density at radius 1 is 1.62 bits per heavy atom. The molecule has 1 rings (SSSR count). The van der Waals surface area contributed by atoms with Gasteiger partial charge in [0.15, 0.2) is 0 Å². The number of aromatic nitrogens is 1. The van der Waals surface area contributed by atoms with Crippen LogP contribution in [-0.2, 0) is 4.79 Å². The second-order valence-corrected chi connectivity index (χ2v) is 3.48. The summed E-state index contributed by atoms with van der Waals surface area (Å²) in [6.07, 6.45) is 4.82. The number of carboxylic acids is 1. The molecule has 1 aromatic rings. The number of pyridine rings is 1. The molecule has 0 aliphatic carbocycles. The van der Waals surface area contributed by atoms with Crippen molar-refractivity contribution in [1.82, 2.24) is 4.98 Å². The SMILES string of the molecule is C/C(=C/c1cncc(Br)c1)C(=O)O. The maximum atomic E-state index is 10.5. The third-order valence-corrected chi connectivity index (χ3v) is 1.88. The van der Waals surface area contributed by atoms with E-state index in [-0.39, 0.29) is 0 Å². The highest BCUT2D eigenvalue weighted by molar-refractivity contribution is 9.10. The van der Waals surface area contributed by atoms with Gasteiger partial charge in [-0.2, -0.15) is 0 Å². The first-order valence-electron chi connectivity index (χ1n) is 3.62. The Kier molecular flexibility index (Phi) is 3.19. The molecule has 0 spiro atoms. The van der Waals surface area contributed by atoms with Gasteiger partial charge in [0.05, 0.1) is 0 Å². The molecule has 0 fully saturated rings. The summed E-state index contributed by atoms with van der Waals surface area (Å²) in [4.78, 5) is 14.4. The number of carbonyl (C=O) groups is 1. The zero-order chi connectivity index (χ0) is 9.84. The minimum atomic E-state index is -0.917. The summed E-state index contributed by atoms with van der Waals surface area (Å²) in [6.45, 7) is 1.54. The standard InChI is InChI=1S/C9H8BrNO2/c1-6(9(12)13)2-7-3-8(10)5-11-4-7/h2-5H,1H3,(H,12,13)/b6-2-. The summed E-state index contributed by atoms with van der Waals surface area (Å²) >= 11 is 3.25. The maximum Gasteiger partial charge on any atom is 0.331 e. The molecule has 1 heterocycles. The Morgan fingerprint density at radius 3 is 2.85 bits per heavy atom. The van der Waals surface area contributed by atoms with Gasteiger partial charge in [-0.05, 0) is 40.6 Å². The summed E-state index contributed by atoms with van der Waals surface area (Å²) in [6, 6.07) is 1.80. The van der Waals surface area contributed by atoms with Crippen LogP contribution in [0.4, 0.5) is 0 Å². The summed E-state index contributed by atoms with van der Waals surface area (Å²) in [5.41, 5.74) is 1.06. The second kappa shape index (κ2) is 4.18. The van der Waals surface area contributed by atoms with Gasteiger partial charge >= 0.3 is 5.97 Å². The van der Waals surface area contributed by atoms with E-state index in [0.717, 1.165) is 10.0 Å². The van der Waals surface area contributed by atoms with E-state index < -0.39 is 5.97 Å². The lowest BCUT2D eigenvalue weighted by Gasteiger charge is -1.95. The van der Waals surface area contributed by atoms with Crippen LogP contribution in [0.5, 0.6) is 0 Å². The zero-order valence-corrected chi connectivity index (χ0v) is 8.58. The van der Waals surface area contributed by atoms with Crippen LogP contribution in [0.3, 0.4) is 0 Å². The lowest BCUT2D eigenvalue weighted by Crippen LogP contribution is -1.95. The van der Waals surface area contributed by atoms with Crippen molar-refractivity contribution in [3.8, 4) is 0 Å². The number of hydrogen-bond donors (Lipinski definition) is 1. The van der Waals surface area contributed by atoms with Crippen LogP contribution in [-0.4, -0.2) is 16.1 Å². The van der Waals surface area contributed by atoms with Gasteiger partial charge in [0.2, 0.25) is 0 Å². The van der Waals surface area contributed by atoms with Crippen LogP contribution in [0.25, 0.3) is 6.08 Å². The molecule has 13 heavy (non-hydrogen) atoms. The Morgan fingerprint density at radius 2 is 2.31 bits per heavy atom. The quantitative estimate of drug-likeness (QED) is 0.809. The number of hydrogen-bond acceptors (Lipinski definition) is 2. The molecule has 0 unspecified atom stereocenters. The van der Waals surface area contributed by atoms with Gasteiger partial charge < -0.3 is 5.11 Å². The Bertz CT molecular complexity index is 360. The van der Waals surface area contributed by atoms with Crippen LogP contribution in [0.15, 0.2) is 28.5 Å². The van der Waals surface area contributed by atoms with Crippen molar-refractivity contribution in [1.29, 1.82) is 0 Å². The minimum Gasteiger partial charge on any atom is -0.478 e. The third-order valence-electron chi connectivity index (χ3n) is 1.45. The van der Waals surface area contributed by atoms with Crippen molar-refractivity contribution < 1.29 is 9.90 Å². The van der Waals surface area contributed by atoms with Gasteiger partial charge in [0, 0.05) is 22.4 Å². The fraction of sp³-hybridized carbons (Fsp3) is 0.111. The van der Waals surface area contributed by atoms with Crippen molar-refractivity contribution in [2.75, 3.05) is 0 Å². The lowest BCUT2D eigenvalue weighted by atomic mass is 10.2. The van der Waals surface area contributed by atoms with Gasteiger partial charge in [0.1, 0.15) is 0 Å². The average Bonchev–Trinajstić information content (AvgIpc) is 2.04. The first kappa shape index (κ1) is 9.92. The van der Waals surface area contributed by atoms with Crippen molar-refractivity contribution in [2.24, 2.45) is 0 Å². The first-order valence-corrected chi connectivity index (χ1v) is 4.41. The van der Waals surface area contributed by atoms with E-state index in [9.17, 15) is 4.79 Å². The fourth-order valence-electron chi connectivity index (χ4n) is 0.819. The molecule has 0 aliphatic heterocycles. The first-order chi connectivity index (χ1) is 6.09. The lowest BCUT2D eigenvalue weighted by molar-refractivity contribution is -0.132. The molecule has 0 saturated heterocycles. The van der Waals surface area contributed by atoms with Crippen molar-refractivity contribution in [3.05, 3.63) is 34.1 Å². The van der Waals surface area contributed by atoms with E-state index in [0.29, 0.717) is 5.57 Å². The minimum absolute atomic E-state index is 0.292. The maximum absolute atomic E-state index is 10.5. The summed E-state index contributed by atoms with van der Waals surface area (Å²) in [5, 5.41) is 8.61. The summed E-state index contributed by atoms with van der Waals surface area (Å²) in [7, 11) is 0. The molecule has 4 heteroatoms. The van der Waals surface area contributed by atoms with Crippen molar-refractivity contribution >= 4 is 28.0 Å². The molecule has 1 N–H and O–H groups in total. The highest BCUT2D eigenvalue weighted by Gasteiger charge is 1.99. The number of nitrogens with zero attached hydrogens (tertiary/aromatic N) is 1. The van der Waals surface area contributed by atoms with Gasteiger partial charge in [-0.25, -0.2) is 4.79 Å². The smallest absolute Gasteiger partial charge is 0.331 e. The Balaban J connectivity index is 2.97. The summed E-state index contributed by atoms with van der Waals surface area (Å²) in [5.74, 6) is -0.917. The largest absolute Gasteiger partial charge is 0.478 e. The van der Waals surface area contributed by atoms with Crippen molar-refractivity contribution in [3.63, 3.8) is 0 Å². The average molecular weight is 242 g/mol. The molecule has 3 nitrogen and oxygen atoms in total. The summed E-state index contributed by atoms with van der Waals surface area (Å²) < 4.78 is 0.833. The third kappa shape index (κ3) is 2.99. The molecule has 0 atom stereocenters. The van der Waals surface area contributed by atoms with Gasteiger partial charge in [-0.1, -0.05) is 0 Å². The monoisotopic (exact) mass is 241 g/mol.